The van der Waals surface area contributed by atoms with Gasteiger partial charge in [0.1, 0.15) is 12.2 Å². The van der Waals surface area contributed by atoms with E-state index in [4.69, 9.17) is 18.9 Å². The van der Waals surface area contributed by atoms with Gasteiger partial charge in [0.05, 0.1) is 25.4 Å². The van der Waals surface area contributed by atoms with Crippen LogP contribution in [-0.2, 0) is 33.3 Å². The minimum Gasteiger partial charge on any atom is -0.469 e. The number of methoxy groups -OCH3 is 1. The first-order valence-electron chi connectivity index (χ1n) is 19.4. The van der Waals surface area contributed by atoms with Crippen molar-refractivity contribution in [3.63, 3.8) is 0 Å². The fourth-order valence-corrected chi connectivity index (χ4v) is 10.4. The van der Waals surface area contributed by atoms with E-state index in [2.05, 4.69) is 39.8 Å². The predicted octanol–water partition coefficient (Wildman–Crippen LogP) is 6.25. The minimum absolute atomic E-state index is 0.0175. The Morgan fingerprint density at radius 2 is 1.77 bits per heavy atom. The van der Waals surface area contributed by atoms with E-state index in [1.807, 2.05) is 13.8 Å². The van der Waals surface area contributed by atoms with Crippen molar-refractivity contribution in [3.8, 4) is 0 Å². The highest BCUT2D eigenvalue weighted by atomic mass is 16.6. The van der Waals surface area contributed by atoms with E-state index in [1.54, 1.807) is 33.8 Å². The number of esters is 3. The summed E-state index contributed by atoms with van der Waals surface area (Å²) in [7, 11) is 1.35. The van der Waals surface area contributed by atoms with Gasteiger partial charge in [0.15, 0.2) is 12.2 Å². The number of aliphatic hydroxyl groups excluding tert-OH is 2. The average Bonchev–Trinajstić information content (AvgIpc) is 3.68. The molecule has 4 rings (SSSR count). The van der Waals surface area contributed by atoms with Crippen molar-refractivity contribution in [2.24, 2.45) is 46.3 Å². The molecule has 1 aliphatic heterocycles. The van der Waals surface area contributed by atoms with Gasteiger partial charge in [-0.2, -0.15) is 0 Å². The summed E-state index contributed by atoms with van der Waals surface area (Å²) in [4.78, 5) is 40.3. The molecule has 0 aromatic heterocycles. The Balaban J connectivity index is 1.91. The molecule has 1 saturated heterocycles. The molecule has 0 bridgehead atoms. The molecular formula is C42H66O10. The summed E-state index contributed by atoms with van der Waals surface area (Å²) in [6.07, 6.45) is 5.16. The number of allylic oxidation sites excluding steroid dienone is 3. The number of carbonyl (C=O) groups is 3. The fraction of sp³-hybridized carbons (Fsp3) is 0.786. The van der Waals surface area contributed by atoms with Crippen LogP contribution < -0.4 is 0 Å². The largest absolute Gasteiger partial charge is 0.469 e. The molecule has 1 heterocycles. The van der Waals surface area contributed by atoms with Gasteiger partial charge < -0.3 is 34.3 Å². The highest BCUT2D eigenvalue weighted by molar-refractivity contribution is 5.78. The van der Waals surface area contributed by atoms with Gasteiger partial charge >= 0.3 is 17.9 Å². The predicted molar refractivity (Wildman–Crippen MR) is 198 cm³/mol. The molecule has 0 radical (unpaired) electrons. The molecule has 0 spiro atoms. The number of rotatable bonds is 13. The van der Waals surface area contributed by atoms with Crippen LogP contribution in [0.2, 0.25) is 0 Å². The van der Waals surface area contributed by atoms with Gasteiger partial charge in [-0.05, 0) is 114 Å². The zero-order valence-corrected chi connectivity index (χ0v) is 33.4. The lowest BCUT2D eigenvalue weighted by Crippen LogP contribution is -2.65. The van der Waals surface area contributed by atoms with Crippen molar-refractivity contribution in [2.75, 3.05) is 13.7 Å². The summed E-state index contributed by atoms with van der Waals surface area (Å²) in [5.41, 5.74) is 0.0799. The van der Waals surface area contributed by atoms with Crippen LogP contribution in [0.15, 0.2) is 34.9 Å². The lowest BCUT2D eigenvalue weighted by molar-refractivity contribution is -0.218. The summed E-state index contributed by atoms with van der Waals surface area (Å²) in [6, 6.07) is 0. The van der Waals surface area contributed by atoms with Crippen LogP contribution in [0.5, 0.6) is 0 Å². The smallest absolute Gasteiger partial charge is 0.339 e. The van der Waals surface area contributed by atoms with Crippen LogP contribution in [0.25, 0.3) is 0 Å². The van der Waals surface area contributed by atoms with Crippen molar-refractivity contribution < 1.29 is 48.7 Å². The van der Waals surface area contributed by atoms with E-state index in [0.29, 0.717) is 31.4 Å². The van der Waals surface area contributed by atoms with Crippen LogP contribution >= 0.6 is 0 Å². The molecule has 10 heteroatoms. The Hall–Kier alpha value is -2.53. The third-order valence-corrected chi connectivity index (χ3v) is 13.4. The normalized spacial score (nSPS) is 36.4. The summed E-state index contributed by atoms with van der Waals surface area (Å²) in [5.74, 6) is -3.18. The SMILES string of the molecule is C/C=C(\C)[C@@H](O)C(=O)O[C@@H]1CC(C(C)(C)O)[C@H](CCC(=O)OC)[C@H]2[C@H](OC(=O)[C@H](O)[C@H](C)CC)C[C@]3(C)C(=CC[C@H]3[C@H]3CO[C@H](C=C(C)C)C3)[C@@]21C. The third-order valence-electron chi connectivity index (χ3n) is 13.4. The number of fused-ring (bicyclic) bond motifs is 3. The summed E-state index contributed by atoms with van der Waals surface area (Å²) in [5, 5.41) is 33.9. The Morgan fingerprint density at radius 3 is 2.35 bits per heavy atom. The molecule has 0 amide bonds. The van der Waals surface area contributed by atoms with Crippen LogP contribution in [-0.4, -0.2) is 83.1 Å². The first-order chi connectivity index (χ1) is 24.2. The number of ether oxygens (including phenoxy) is 4. The first kappa shape index (κ1) is 42.2. The van der Waals surface area contributed by atoms with E-state index < -0.39 is 64.6 Å². The van der Waals surface area contributed by atoms with Gasteiger partial charge in [0, 0.05) is 17.8 Å². The van der Waals surface area contributed by atoms with Crippen molar-refractivity contribution in [1.29, 1.82) is 0 Å². The second-order valence-corrected chi connectivity index (χ2v) is 17.4. The van der Waals surface area contributed by atoms with Gasteiger partial charge in [0.2, 0.25) is 0 Å². The molecule has 3 N–H and O–H groups in total. The summed E-state index contributed by atoms with van der Waals surface area (Å²) < 4.78 is 24.2. The number of aliphatic hydroxyl groups is 3. The van der Waals surface area contributed by atoms with Crippen molar-refractivity contribution in [2.45, 2.75) is 150 Å². The van der Waals surface area contributed by atoms with Crippen LogP contribution in [0.4, 0.5) is 0 Å². The Morgan fingerprint density at radius 1 is 1.10 bits per heavy atom. The van der Waals surface area contributed by atoms with Crippen molar-refractivity contribution in [1.82, 2.24) is 0 Å². The average molecular weight is 731 g/mol. The van der Waals surface area contributed by atoms with Gasteiger partial charge in [-0.1, -0.05) is 63.5 Å². The zero-order chi connectivity index (χ0) is 38.9. The molecule has 0 aromatic carbocycles. The van der Waals surface area contributed by atoms with E-state index in [1.165, 1.54) is 12.7 Å². The molecule has 0 aromatic rings. The van der Waals surface area contributed by atoms with Crippen LogP contribution in [0.1, 0.15) is 114 Å². The maximum atomic E-state index is 13.9. The molecule has 3 fully saturated rings. The van der Waals surface area contributed by atoms with E-state index in [0.717, 1.165) is 18.4 Å². The Bertz CT molecular complexity index is 1400. The second-order valence-electron chi connectivity index (χ2n) is 17.4. The quantitative estimate of drug-likeness (QED) is 0.113. The number of carbonyl (C=O) groups excluding carboxylic acids is 3. The molecule has 10 nitrogen and oxygen atoms in total. The minimum atomic E-state index is -1.47. The Kier molecular flexibility index (Phi) is 13.4. The first-order valence-corrected chi connectivity index (χ1v) is 19.4. The van der Waals surface area contributed by atoms with E-state index in [9.17, 15) is 29.7 Å². The summed E-state index contributed by atoms with van der Waals surface area (Å²) >= 11 is 0. The monoisotopic (exact) mass is 730 g/mol. The van der Waals surface area contributed by atoms with Crippen LogP contribution in [0, 0.1) is 46.3 Å². The molecule has 52 heavy (non-hydrogen) atoms. The molecule has 1 unspecified atom stereocenters. The maximum Gasteiger partial charge on any atom is 0.339 e. The number of hydrogen-bond donors (Lipinski definition) is 3. The van der Waals surface area contributed by atoms with Crippen molar-refractivity contribution in [3.05, 3.63) is 34.9 Å². The second kappa shape index (κ2) is 16.5. The molecule has 2 saturated carbocycles. The molecule has 4 aliphatic rings. The third kappa shape index (κ3) is 8.25. The highest BCUT2D eigenvalue weighted by Gasteiger charge is 2.68. The van der Waals surface area contributed by atoms with Gasteiger partial charge in [-0.3, -0.25) is 4.79 Å². The number of hydrogen-bond acceptors (Lipinski definition) is 10. The molecule has 3 aliphatic carbocycles. The lowest BCUT2D eigenvalue weighted by Gasteiger charge is -2.64. The molecule has 13 atom stereocenters. The van der Waals surface area contributed by atoms with Crippen molar-refractivity contribution >= 4 is 17.9 Å². The van der Waals surface area contributed by atoms with Gasteiger partial charge in [0.25, 0.3) is 0 Å². The maximum absolute atomic E-state index is 13.9. The fourth-order valence-electron chi connectivity index (χ4n) is 10.4. The molecule has 294 valence electrons. The van der Waals surface area contributed by atoms with Gasteiger partial charge in [-0.25, -0.2) is 9.59 Å². The van der Waals surface area contributed by atoms with Crippen LogP contribution in [0.3, 0.4) is 0 Å². The Labute approximate surface area is 311 Å². The topological polar surface area (TPSA) is 149 Å². The standard InChI is InChI=1S/C42H66O10/c1-12-24(5)36(44)38(46)51-31-21-41(9)29(26-19-27(50-22-26)18-23(3)4)15-16-32(41)42(10)33(52-39(47)37(45)25(6)13-2)20-30(40(7,8)48)28(35(31)42)14-17-34(43)49-11/h13,16,18,24,26-31,33,35-37,44-45,48H,12,14-15,17,19-22H2,1-11H3/b25-13+/t24-,26-,27-,28+,29+,30?,31-,33-,35+,36-,37-,41+,42-/m1/s1. The summed E-state index contributed by atoms with van der Waals surface area (Å²) in [6.45, 7) is 19.6. The van der Waals surface area contributed by atoms with Gasteiger partial charge in [-0.15, -0.1) is 0 Å². The zero-order valence-electron chi connectivity index (χ0n) is 33.4. The van der Waals surface area contributed by atoms with E-state index in [-0.39, 0.29) is 48.6 Å². The molecular weight excluding hydrogens is 664 g/mol. The lowest BCUT2D eigenvalue weighted by atomic mass is 9.43. The van der Waals surface area contributed by atoms with E-state index >= 15 is 0 Å². The highest BCUT2D eigenvalue weighted by Crippen LogP contribution is 2.69.